The lowest BCUT2D eigenvalue weighted by molar-refractivity contribution is 0.0817. The van der Waals surface area contributed by atoms with Gasteiger partial charge in [0.1, 0.15) is 11.4 Å². The molecule has 1 N–H and O–H groups in total. The number of carbonyl (C=O) groups excluding carboxylic acids is 1. The Labute approximate surface area is 215 Å². The third kappa shape index (κ3) is 4.54. The molecule has 1 aromatic carbocycles. The molecule has 4 aromatic rings. The Balaban J connectivity index is 1.57. The van der Waals surface area contributed by atoms with Gasteiger partial charge in [0, 0.05) is 48.7 Å². The highest BCUT2D eigenvalue weighted by Gasteiger charge is 2.29. The zero-order valence-electron chi connectivity index (χ0n) is 20.6. The predicted octanol–water partition coefficient (Wildman–Crippen LogP) is 4.73. The Kier molecular flexibility index (Phi) is 6.64. The van der Waals surface area contributed by atoms with Crippen LogP contribution in [0.4, 0.5) is 5.82 Å². The first-order chi connectivity index (χ1) is 17.4. The summed E-state index contributed by atoms with van der Waals surface area (Å²) in [5, 5.41) is 8.36. The third-order valence-corrected chi connectivity index (χ3v) is 7.05. The second kappa shape index (κ2) is 9.87. The van der Waals surface area contributed by atoms with Crippen molar-refractivity contribution in [2.24, 2.45) is 0 Å². The number of methoxy groups -OCH3 is 1. The van der Waals surface area contributed by atoms with Crippen LogP contribution in [0.1, 0.15) is 42.7 Å². The molecule has 0 bridgehead atoms. The van der Waals surface area contributed by atoms with Crippen LogP contribution in [0.15, 0.2) is 61.1 Å². The average molecular weight is 505 g/mol. The summed E-state index contributed by atoms with van der Waals surface area (Å²) in [5.41, 5.74) is 2.73. The van der Waals surface area contributed by atoms with Gasteiger partial charge in [0.25, 0.3) is 5.91 Å². The number of anilines is 1. The van der Waals surface area contributed by atoms with E-state index in [0.29, 0.717) is 16.2 Å². The SMILES string of the molecule is COC1CCN(c2c(-c3ccccc3Cl)cnc3c(C(=O)NC(C)(C)c4ccccn4)cnn23)CC1. The first-order valence-corrected chi connectivity index (χ1v) is 12.4. The van der Waals surface area contributed by atoms with Gasteiger partial charge in [0.05, 0.1) is 23.5 Å². The highest BCUT2D eigenvalue weighted by molar-refractivity contribution is 6.33. The monoisotopic (exact) mass is 504 g/mol. The van der Waals surface area contributed by atoms with E-state index >= 15 is 0 Å². The molecule has 0 saturated carbocycles. The maximum absolute atomic E-state index is 13.4. The van der Waals surface area contributed by atoms with Crippen LogP contribution in [0.2, 0.25) is 5.02 Å². The molecular weight excluding hydrogens is 476 g/mol. The summed E-state index contributed by atoms with van der Waals surface area (Å²) in [6.07, 6.45) is 7.11. The Hall–Kier alpha value is -3.49. The number of nitrogens with one attached hydrogen (secondary N) is 1. The minimum absolute atomic E-state index is 0.232. The Bertz CT molecular complexity index is 1380. The van der Waals surface area contributed by atoms with Crippen molar-refractivity contribution >= 4 is 29.0 Å². The molecule has 36 heavy (non-hydrogen) atoms. The smallest absolute Gasteiger partial charge is 0.257 e. The quantitative estimate of drug-likeness (QED) is 0.409. The molecule has 0 spiro atoms. The second-order valence-electron chi connectivity index (χ2n) is 9.49. The van der Waals surface area contributed by atoms with Gasteiger partial charge in [-0.3, -0.25) is 9.78 Å². The zero-order chi connectivity index (χ0) is 25.3. The molecule has 0 atom stereocenters. The summed E-state index contributed by atoms with van der Waals surface area (Å²) < 4.78 is 7.33. The van der Waals surface area contributed by atoms with Crippen LogP contribution in [0.25, 0.3) is 16.8 Å². The van der Waals surface area contributed by atoms with Crippen LogP contribution >= 0.6 is 11.6 Å². The van der Waals surface area contributed by atoms with Gasteiger partial charge >= 0.3 is 0 Å². The maximum Gasteiger partial charge on any atom is 0.257 e. The van der Waals surface area contributed by atoms with Gasteiger partial charge < -0.3 is 15.0 Å². The molecule has 1 aliphatic rings. The van der Waals surface area contributed by atoms with Gasteiger partial charge in [-0.1, -0.05) is 35.9 Å². The fraction of sp³-hybridized carbons (Fsp3) is 0.333. The van der Waals surface area contributed by atoms with Crippen molar-refractivity contribution in [3.63, 3.8) is 0 Å². The molecule has 1 saturated heterocycles. The highest BCUT2D eigenvalue weighted by Crippen LogP contribution is 2.36. The molecule has 1 aliphatic heterocycles. The van der Waals surface area contributed by atoms with E-state index in [2.05, 4.69) is 25.3 Å². The number of piperidine rings is 1. The van der Waals surface area contributed by atoms with E-state index in [1.165, 1.54) is 0 Å². The van der Waals surface area contributed by atoms with E-state index in [9.17, 15) is 4.79 Å². The molecule has 1 fully saturated rings. The maximum atomic E-state index is 13.4. The fourth-order valence-corrected chi connectivity index (χ4v) is 4.94. The van der Waals surface area contributed by atoms with Crippen molar-refractivity contribution in [2.45, 2.75) is 38.3 Å². The number of benzene rings is 1. The van der Waals surface area contributed by atoms with Crippen LogP contribution in [0, 0.1) is 0 Å². The fourth-order valence-electron chi connectivity index (χ4n) is 4.70. The van der Waals surface area contributed by atoms with E-state index in [1.807, 2.05) is 56.3 Å². The van der Waals surface area contributed by atoms with Gasteiger partial charge in [-0.25, -0.2) is 4.98 Å². The van der Waals surface area contributed by atoms with Gasteiger partial charge in [-0.15, -0.1) is 0 Å². The summed E-state index contributed by atoms with van der Waals surface area (Å²) in [6, 6.07) is 13.3. The van der Waals surface area contributed by atoms with E-state index in [-0.39, 0.29) is 12.0 Å². The lowest BCUT2D eigenvalue weighted by atomic mass is 9.99. The van der Waals surface area contributed by atoms with Crippen molar-refractivity contribution < 1.29 is 9.53 Å². The van der Waals surface area contributed by atoms with Crippen LogP contribution in [-0.2, 0) is 10.3 Å². The molecule has 186 valence electrons. The topological polar surface area (TPSA) is 84.6 Å². The Morgan fingerprint density at radius 3 is 2.50 bits per heavy atom. The largest absolute Gasteiger partial charge is 0.381 e. The molecule has 0 aliphatic carbocycles. The molecule has 5 rings (SSSR count). The first kappa shape index (κ1) is 24.2. The Morgan fingerprint density at radius 2 is 1.81 bits per heavy atom. The van der Waals surface area contributed by atoms with Crippen molar-refractivity contribution in [1.82, 2.24) is 24.9 Å². The van der Waals surface area contributed by atoms with Gasteiger partial charge in [-0.05, 0) is 44.9 Å². The summed E-state index contributed by atoms with van der Waals surface area (Å²) >= 11 is 6.59. The zero-order valence-corrected chi connectivity index (χ0v) is 21.4. The number of hydrogen-bond donors (Lipinski definition) is 1. The van der Waals surface area contributed by atoms with E-state index in [1.54, 1.807) is 30.2 Å². The summed E-state index contributed by atoms with van der Waals surface area (Å²) in [4.78, 5) is 24.8. The average Bonchev–Trinajstić information content (AvgIpc) is 3.33. The molecular formula is C27H29ClN6O2. The number of pyridine rings is 1. The number of nitrogens with zero attached hydrogens (tertiary/aromatic N) is 5. The van der Waals surface area contributed by atoms with Crippen LogP contribution in [-0.4, -0.2) is 51.8 Å². The molecule has 1 amide bonds. The molecule has 9 heteroatoms. The summed E-state index contributed by atoms with van der Waals surface area (Å²) in [7, 11) is 1.75. The molecule has 0 radical (unpaired) electrons. The molecule has 8 nitrogen and oxygen atoms in total. The standard InChI is InChI=1S/C27H29ClN6O2/c1-27(2,23-10-6-7-13-29-23)32-25(35)21-17-31-34-24(21)30-16-20(19-8-4-5-9-22(19)28)26(34)33-14-11-18(36-3)12-15-33/h4-10,13,16-18H,11-12,14-15H2,1-3H3,(H,32,35). The van der Waals surface area contributed by atoms with Crippen LogP contribution < -0.4 is 10.2 Å². The minimum atomic E-state index is -0.672. The molecule has 4 heterocycles. The minimum Gasteiger partial charge on any atom is -0.381 e. The predicted molar refractivity (Wildman–Crippen MR) is 140 cm³/mol. The van der Waals surface area contributed by atoms with Gasteiger partial charge in [-0.2, -0.15) is 9.61 Å². The number of amides is 1. The number of rotatable bonds is 6. The van der Waals surface area contributed by atoms with Crippen molar-refractivity contribution in [1.29, 1.82) is 0 Å². The Morgan fingerprint density at radius 1 is 1.06 bits per heavy atom. The third-order valence-electron chi connectivity index (χ3n) is 6.72. The van der Waals surface area contributed by atoms with Crippen LogP contribution in [0.3, 0.4) is 0 Å². The molecule has 0 unspecified atom stereocenters. The lowest BCUT2D eigenvalue weighted by Crippen LogP contribution is -2.41. The van der Waals surface area contributed by atoms with Gasteiger partial charge in [0.2, 0.25) is 0 Å². The molecule has 3 aromatic heterocycles. The van der Waals surface area contributed by atoms with Crippen molar-refractivity contribution in [2.75, 3.05) is 25.1 Å². The highest BCUT2D eigenvalue weighted by atomic mass is 35.5. The number of ether oxygens (including phenoxy) is 1. The number of fused-ring (bicyclic) bond motifs is 1. The summed E-state index contributed by atoms with van der Waals surface area (Å²) in [6.45, 7) is 5.44. The van der Waals surface area contributed by atoms with Crippen molar-refractivity contribution in [3.8, 4) is 11.1 Å². The lowest BCUT2D eigenvalue weighted by Gasteiger charge is -2.34. The van der Waals surface area contributed by atoms with Crippen LogP contribution in [0.5, 0.6) is 0 Å². The number of hydrogen-bond acceptors (Lipinski definition) is 6. The van der Waals surface area contributed by atoms with Crippen molar-refractivity contribution in [3.05, 3.63) is 77.3 Å². The first-order valence-electron chi connectivity index (χ1n) is 12.0. The number of carbonyl (C=O) groups is 1. The van der Waals surface area contributed by atoms with Gasteiger partial charge in [0.15, 0.2) is 5.65 Å². The summed E-state index contributed by atoms with van der Waals surface area (Å²) in [5.74, 6) is 0.605. The second-order valence-corrected chi connectivity index (χ2v) is 9.89. The number of halogens is 1. The van der Waals surface area contributed by atoms with E-state index in [4.69, 9.17) is 16.3 Å². The normalized spacial score (nSPS) is 14.8. The van der Waals surface area contributed by atoms with E-state index in [0.717, 1.165) is 48.6 Å². The van der Waals surface area contributed by atoms with E-state index < -0.39 is 5.54 Å². The number of aromatic nitrogens is 4.